The van der Waals surface area contributed by atoms with Crippen molar-refractivity contribution in [1.29, 1.82) is 0 Å². The molecule has 0 fully saturated rings. The number of nitrogens with zero attached hydrogens (tertiary/aromatic N) is 1. The van der Waals surface area contributed by atoms with E-state index in [1.807, 2.05) is 25.1 Å². The highest BCUT2D eigenvalue weighted by molar-refractivity contribution is 8.00. The number of hydrogen-bond acceptors (Lipinski definition) is 6. The van der Waals surface area contributed by atoms with Crippen LogP contribution in [0.25, 0.3) is 0 Å². The maximum absolute atomic E-state index is 12.4. The van der Waals surface area contributed by atoms with E-state index in [0.29, 0.717) is 29.6 Å². The molecule has 0 bridgehead atoms. The van der Waals surface area contributed by atoms with Gasteiger partial charge >= 0.3 is 0 Å². The molecule has 1 unspecified atom stereocenters. The lowest BCUT2D eigenvalue weighted by molar-refractivity contribution is -0.120. The van der Waals surface area contributed by atoms with Gasteiger partial charge in [-0.05, 0) is 50.3 Å². The van der Waals surface area contributed by atoms with Gasteiger partial charge in [0.15, 0.2) is 16.7 Å². The highest BCUT2D eigenvalue weighted by atomic mass is 32.2. The number of fused-ring (bicyclic) bond motifs is 1. The molecule has 1 aromatic carbocycles. The van der Waals surface area contributed by atoms with Crippen molar-refractivity contribution in [2.75, 3.05) is 20.8 Å². The number of aromatic amines is 1. The summed E-state index contributed by atoms with van der Waals surface area (Å²) in [5.41, 5.74) is 2.62. The smallest absolute Gasteiger partial charge is 0.254 e. The molecule has 1 amide bonds. The molecule has 1 aliphatic rings. The number of carbonyl (C=O) groups excluding carboxylic acids is 1. The highest BCUT2D eigenvalue weighted by Gasteiger charge is 2.20. The number of aromatic nitrogens is 2. The van der Waals surface area contributed by atoms with Gasteiger partial charge in [0.25, 0.3) is 5.56 Å². The molecule has 8 heteroatoms. The van der Waals surface area contributed by atoms with E-state index < -0.39 is 0 Å². The van der Waals surface area contributed by atoms with Crippen molar-refractivity contribution in [3.05, 3.63) is 45.4 Å². The van der Waals surface area contributed by atoms with Crippen molar-refractivity contribution in [3.8, 4) is 11.5 Å². The number of nitrogens with one attached hydrogen (secondary N) is 2. The molecular formula is C20H25N3O4S. The second-order valence-corrected chi connectivity index (χ2v) is 7.97. The summed E-state index contributed by atoms with van der Waals surface area (Å²) in [4.78, 5) is 31.8. The van der Waals surface area contributed by atoms with Crippen LogP contribution in [0.15, 0.2) is 28.2 Å². The van der Waals surface area contributed by atoms with Gasteiger partial charge in [0.1, 0.15) is 0 Å². The molecule has 2 N–H and O–H groups in total. The van der Waals surface area contributed by atoms with Gasteiger partial charge in [0.05, 0.1) is 25.2 Å². The van der Waals surface area contributed by atoms with Crippen LogP contribution in [0.2, 0.25) is 0 Å². The Balaban J connectivity index is 1.52. The zero-order chi connectivity index (χ0) is 20.1. The standard InChI is InChI=1S/C20H25N3O4S/c1-12(28-20-22-15-6-4-5-14(15)19(25)23-20)18(24)21-10-9-13-7-8-16(26-2)17(11-13)27-3/h7-8,11-12H,4-6,9-10H2,1-3H3,(H,21,24)(H,22,23,25). The van der Waals surface area contributed by atoms with Crippen molar-refractivity contribution in [3.63, 3.8) is 0 Å². The van der Waals surface area contributed by atoms with E-state index in [-0.39, 0.29) is 16.7 Å². The molecule has 1 aliphatic carbocycles. The molecule has 1 aromatic heterocycles. The van der Waals surface area contributed by atoms with Gasteiger partial charge in [-0.2, -0.15) is 0 Å². The number of hydrogen-bond donors (Lipinski definition) is 2. The fourth-order valence-corrected chi connectivity index (χ4v) is 4.05. The van der Waals surface area contributed by atoms with Crippen molar-refractivity contribution in [2.45, 2.75) is 43.0 Å². The average molecular weight is 404 g/mol. The third kappa shape index (κ3) is 4.67. The van der Waals surface area contributed by atoms with E-state index in [1.54, 1.807) is 14.2 Å². The monoisotopic (exact) mass is 403 g/mol. The SMILES string of the molecule is COc1ccc(CCNC(=O)C(C)Sc2nc3c(c(=O)[nH]2)CCC3)cc1OC. The normalized spacial score (nSPS) is 13.7. The molecule has 150 valence electrons. The Hall–Kier alpha value is -2.48. The predicted octanol–water partition coefficient (Wildman–Crippen LogP) is 2.12. The third-order valence-corrected chi connectivity index (χ3v) is 5.72. The van der Waals surface area contributed by atoms with Crippen LogP contribution < -0.4 is 20.3 Å². The number of ether oxygens (including phenoxy) is 2. The number of carbonyl (C=O) groups is 1. The van der Waals surface area contributed by atoms with Crippen LogP contribution in [0.1, 0.15) is 30.2 Å². The first kappa shape index (κ1) is 20.3. The lowest BCUT2D eigenvalue weighted by Gasteiger charge is -2.13. The molecule has 0 saturated heterocycles. The summed E-state index contributed by atoms with van der Waals surface area (Å²) in [6.45, 7) is 2.32. The largest absolute Gasteiger partial charge is 0.493 e. The quantitative estimate of drug-likeness (QED) is 0.518. The summed E-state index contributed by atoms with van der Waals surface area (Å²) in [7, 11) is 3.19. The molecule has 2 aromatic rings. The van der Waals surface area contributed by atoms with Gasteiger partial charge in [-0.3, -0.25) is 9.59 Å². The first-order chi connectivity index (χ1) is 13.5. The maximum atomic E-state index is 12.4. The Morgan fingerprint density at radius 1 is 1.29 bits per heavy atom. The zero-order valence-electron chi connectivity index (χ0n) is 16.3. The summed E-state index contributed by atoms with van der Waals surface area (Å²) in [5, 5.41) is 3.09. The highest BCUT2D eigenvalue weighted by Crippen LogP contribution is 2.27. The predicted molar refractivity (Wildman–Crippen MR) is 108 cm³/mol. The Morgan fingerprint density at radius 3 is 2.82 bits per heavy atom. The second-order valence-electron chi connectivity index (χ2n) is 6.64. The van der Waals surface area contributed by atoms with Gasteiger partial charge in [0.2, 0.25) is 5.91 Å². The number of amides is 1. The zero-order valence-corrected chi connectivity index (χ0v) is 17.1. The fraction of sp³-hybridized carbons (Fsp3) is 0.450. The van der Waals surface area contributed by atoms with E-state index in [1.165, 1.54) is 11.8 Å². The molecule has 0 radical (unpaired) electrons. The van der Waals surface area contributed by atoms with E-state index in [4.69, 9.17) is 9.47 Å². The number of rotatable bonds is 8. The number of methoxy groups -OCH3 is 2. The fourth-order valence-electron chi connectivity index (χ4n) is 3.21. The van der Waals surface area contributed by atoms with Gasteiger partial charge in [-0.1, -0.05) is 17.8 Å². The molecule has 0 spiro atoms. The summed E-state index contributed by atoms with van der Waals surface area (Å²) in [5.74, 6) is 1.26. The number of H-pyrrole nitrogens is 1. The number of thioether (sulfide) groups is 1. The van der Waals surface area contributed by atoms with E-state index >= 15 is 0 Å². The molecule has 0 aliphatic heterocycles. The summed E-state index contributed by atoms with van der Waals surface area (Å²) in [6.07, 6.45) is 3.26. The number of aryl methyl sites for hydroxylation is 1. The molecule has 1 heterocycles. The van der Waals surface area contributed by atoms with Gasteiger partial charge in [0, 0.05) is 12.1 Å². The van der Waals surface area contributed by atoms with Gasteiger partial charge in [-0.15, -0.1) is 0 Å². The topological polar surface area (TPSA) is 93.3 Å². The minimum Gasteiger partial charge on any atom is -0.493 e. The Labute approximate surface area is 168 Å². The Bertz CT molecular complexity index is 913. The van der Waals surface area contributed by atoms with E-state index in [0.717, 1.165) is 36.1 Å². The summed E-state index contributed by atoms with van der Waals surface area (Å²) in [6, 6.07) is 5.71. The molecule has 7 nitrogen and oxygen atoms in total. The molecular weight excluding hydrogens is 378 g/mol. The maximum Gasteiger partial charge on any atom is 0.254 e. The third-order valence-electron chi connectivity index (χ3n) is 4.74. The van der Waals surface area contributed by atoms with Crippen LogP contribution in [0.4, 0.5) is 0 Å². The van der Waals surface area contributed by atoms with Crippen molar-refractivity contribution < 1.29 is 14.3 Å². The van der Waals surface area contributed by atoms with Crippen LogP contribution in [0.5, 0.6) is 11.5 Å². The first-order valence-corrected chi connectivity index (χ1v) is 10.2. The van der Waals surface area contributed by atoms with Crippen LogP contribution in [0.3, 0.4) is 0 Å². The van der Waals surface area contributed by atoms with Crippen LogP contribution in [-0.2, 0) is 24.1 Å². The first-order valence-electron chi connectivity index (χ1n) is 9.29. The van der Waals surface area contributed by atoms with Crippen molar-refractivity contribution in [1.82, 2.24) is 15.3 Å². The lowest BCUT2D eigenvalue weighted by Crippen LogP contribution is -2.32. The van der Waals surface area contributed by atoms with Crippen LogP contribution in [-0.4, -0.2) is 41.9 Å². The lowest BCUT2D eigenvalue weighted by atomic mass is 10.1. The van der Waals surface area contributed by atoms with Crippen molar-refractivity contribution in [2.24, 2.45) is 0 Å². The summed E-state index contributed by atoms with van der Waals surface area (Å²) >= 11 is 1.27. The van der Waals surface area contributed by atoms with Crippen LogP contribution >= 0.6 is 11.8 Å². The van der Waals surface area contributed by atoms with Crippen molar-refractivity contribution >= 4 is 17.7 Å². The average Bonchev–Trinajstić information content (AvgIpc) is 3.16. The molecule has 28 heavy (non-hydrogen) atoms. The van der Waals surface area contributed by atoms with E-state index in [9.17, 15) is 9.59 Å². The number of benzene rings is 1. The minimum atomic E-state index is -0.354. The van der Waals surface area contributed by atoms with Crippen LogP contribution in [0, 0.1) is 0 Å². The van der Waals surface area contributed by atoms with Gasteiger partial charge in [-0.25, -0.2) is 4.98 Å². The Kier molecular flexibility index (Phi) is 6.61. The minimum absolute atomic E-state index is 0.0777. The molecule has 0 saturated carbocycles. The van der Waals surface area contributed by atoms with E-state index in [2.05, 4.69) is 15.3 Å². The second kappa shape index (κ2) is 9.14. The molecule has 1 atom stereocenters. The van der Waals surface area contributed by atoms with Gasteiger partial charge < -0.3 is 19.8 Å². The Morgan fingerprint density at radius 2 is 2.07 bits per heavy atom. The summed E-state index contributed by atoms with van der Waals surface area (Å²) < 4.78 is 10.5. The molecule has 3 rings (SSSR count).